The van der Waals surface area contributed by atoms with Gasteiger partial charge < -0.3 is 0 Å². The van der Waals surface area contributed by atoms with Gasteiger partial charge in [0.1, 0.15) is 0 Å². The fourth-order valence-electron chi connectivity index (χ4n) is 3.25. The number of aromatic nitrogens is 1. The smallest absolute Gasteiger partial charge is 0.239 e. The highest BCUT2D eigenvalue weighted by atomic mass is 16.2. The highest BCUT2D eigenvalue weighted by molar-refractivity contribution is 6.22. The number of rotatable bonds is 3. The number of hydrogen-bond acceptors (Lipinski definition) is 4. The van der Waals surface area contributed by atoms with Gasteiger partial charge in [0, 0.05) is 6.20 Å². The van der Waals surface area contributed by atoms with Crippen molar-refractivity contribution in [2.24, 2.45) is 16.8 Å². The van der Waals surface area contributed by atoms with Crippen LogP contribution in [-0.4, -0.2) is 34.0 Å². The standard InChI is InChI=1S/C18H15N3O2/c22-17-13-10-20-16(14-8-4-5-9-19-14)15(13)18(23)21(17)11-12-6-2-1-3-7-12/h1-9,13,15H,10-11H2. The molecule has 0 spiro atoms. The molecule has 5 heteroatoms. The predicted octanol–water partition coefficient (Wildman–Crippen LogP) is 1.69. The van der Waals surface area contributed by atoms with Crippen LogP contribution < -0.4 is 0 Å². The number of hydrogen-bond donors (Lipinski definition) is 0. The van der Waals surface area contributed by atoms with Crippen LogP contribution in [0.1, 0.15) is 11.3 Å². The minimum absolute atomic E-state index is 0.126. The molecule has 1 aromatic carbocycles. The SMILES string of the molecule is O=C1C2CN=C(c3ccccn3)C2C(=O)N1Cc1ccccc1. The molecule has 2 atom stereocenters. The quantitative estimate of drug-likeness (QED) is 0.811. The van der Waals surface area contributed by atoms with E-state index in [1.54, 1.807) is 6.20 Å². The van der Waals surface area contributed by atoms with Crippen molar-refractivity contribution in [2.45, 2.75) is 6.54 Å². The number of fused-ring (bicyclic) bond motifs is 1. The molecule has 2 aromatic rings. The van der Waals surface area contributed by atoms with Gasteiger partial charge in [-0.25, -0.2) is 0 Å². The number of benzene rings is 1. The molecule has 0 saturated carbocycles. The van der Waals surface area contributed by atoms with E-state index in [9.17, 15) is 9.59 Å². The molecule has 2 aliphatic heterocycles. The zero-order chi connectivity index (χ0) is 15.8. The molecule has 0 radical (unpaired) electrons. The van der Waals surface area contributed by atoms with Crippen LogP contribution in [0.4, 0.5) is 0 Å². The summed E-state index contributed by atoms with van der Waals surface area (Å²) in [5, 5.41) is 0. The van der Waals surface area contributed by atoms with Crippen LogP contribution in [0, 0.1) is 11.8 Å². The molecule has 0 aliphatic carbocycles. The van der Waals surface area contributed by atoms with Crippen LogP contribution in [0.3, 0.4) is 0 Å². The maximum Gasteiger partial charge on any atom is 0.239 e. The summed E-state index contributed by atoms with van der Waals surface area (Å²) in [7, 11) is 0. The second kappa shape index (κ2) is 5.43. The fourth-order valence-corrected chi connectivity index (χ4v) is 3.25. The molecule has 1 aromatic heterocycles. The Morgan fingerprint density at radius 2 is 1.78 bits per heavy atom. The first-order valence-corrected chi connectivity index (χ1v) is 7.60. The van der Waals surface area contributed by atoms with E-state index < -0.39 is 5.92 Å². The van der Waals surface area contributed by atoms with Crippen molar-refractivity contribution in [3.05, 3.63) is 66.0 Å². The highest BCUT2D eigenvalue weighted by Crippen LogP contribution is 2.35. The van der Waals surface area contributed by atoms with E-state index in [-0.39, 0.29) is 17.7 Å². The van der Waals surface area contributed by atoms with Crippen LogP contribution >= 0.6 is 0 Å². The number of carbonyl (C=O) groups is 2. The van der Waals surface area contributed by atoms with E-state index in [2.05, 4.69) is 9.98 Å². The summed E-state index contributed by atoms with van der Waals surface area (Å²) in [6.07, 6.45) is 1.67. The molecular formula is C18H15N3O2. The number of aliphatic imine (C=N–C) groups is 1. The third kappa shape index (κ3) is 2.25. The molecule has 1 fully saturated rings. The van der Waals surface area contributed by atoms with Gasteiger partial charge in [0.2, 0.25) is 11.8 Å². The molecule has 2 amide bonds. The lowest BCUT2D eigenvalue weighted by atomic mass is 9.92. The van der Waals surface area contributed by atoms with E-state index in [1.807, 2.05) is 48.5 Å². The summed E-state index contributed by atoms with van der Waals surface area (Å²) in [5.74, 6) is -1.14. The Balaban J connectivity index is 1.62. The zero-order valence-electron chi connectivity index (χ0n) is 12.4. The largest absolute Gasteiger partial charge is 0.286 e. The van der Waals surface area contributed by atoms with Gasteiger partial charge in [-0.1, -0.05) is 36.4 Å². The van der Waals surface area contributed by atoms with Crippen LogP contribution in [0.5, 0.6) is 0 Å². The van der Waals surface area contributed by atoms with Crippen molar-refractivity contribution < 1.29 is 9.59 Å². The molecule has 2 unspecified atom stereocenters. The van der Waals surface area contributed by atoms with Crippen molar-refractivity contribution in [3.63, 3.8) is 0 Å². The maximum atomic E-state index is 12.8. The van der Waals surface area contributed by atoms with Crippen molar-refractivity contribution in [1.82, 2.24) is 9.88 Å². The van der Waals surface area contributed by atoms with Gasteiger partial charge in [-0.3, -0.25) is 24.5 Å². The summed E-state index contributed by atoms with van der Waals surface area (Å²) in [6.45, 7) is 0.688. The second-order valence-corrected chi connectivity index (χ2v) is 5.77. The number of likely N-dealkylation sites (tertiary alicyclic amines) is 1. The molecule has 114 valence electrons. The average molecular weight is 305 g/mol. The minimum Gasteiger partial charge on any atom is -0.286 e. The molecule has 23 heavy (non-hydrogen) atoms. The van der Waals surface area contributed by atoms with Crippen molar-refractivity contribution >= 4 is 17.5 Å². The lowest BCUT2D eigenvalue weighted by Crippen LogP contribution is -2.32. The summed E-state index contributed by atoms with van der Waals surface area (Å²) in [6, 6.07) is 15.1. The topological polar surface area (TPSA) is 62.6 Å². The second-order valence-electron chi connectivity index (χ2n) is 5.77. The van der Waals surface area contributed by atoms with Crippen molar-refractivity contribution in [2.75, 3.05) is 6.54 Å². The van der Waals surface area contributed by atoms with Gasteiger partial charge in [0.05, 0.1) is 36.3 Å². The predicted molar refractivity (Wildman–Crippen MR) is 84.6 cm³/mol. The number of amides is 2. The number of pyridine rings is 1. The minimum atomic E-state index is -0.485. The third-order valence-electron chi connectivity index (χ3n) is 4.38. The van der Waals surface area contributed by atoms with Gasteiger partial charge in [-0.05, 0) is 17.7 Å². The van der Waals surface area contributed by atoms with E-state index in [0.29, 0.717) is 24.5 Å². The molecule has 2 aliphatic rings. The first-order chi connectivity index (χ1) is 11.3. The van der Waals surface area contributed by atoms with Crippen LogP contribution in [0.15, 0.2) is 59.7 Å². The summed E-state index contributed by atoms with van der Waals surface area (Å²) in [4.78, 5) is 35.4. The number of carbonyl (C=O) groups excluding carboxylic acids is 2. The Labute approximate surface area is 133 Å². The lowest BCUT2D eigenvalue weighted by molar-refractivity contribution is -0.140. The summed E-state index contributed by atoms with van der Waals surface area (Å²) < 4.78 is 0. The summed E-state index contributed by atoms with van der Waals surface area (Å²) in [5.41, 5.74) is 2.28. The van der Waals surface area contributed by atoms with Gasteiger partial charge in [0.15, 0.2) is 0 Å². The number of nitrogens with zero attached hydrogens (tertiary/aromatic N) is 3. The van der Waals surface area contributed by atoms with Gasteiger partial charge in [-0.2, -0.15) is 0 Å². The molecular weight excluding hydrogens is 290 g/mol. The Kier molecular flexibility index (Phi) is 3.26. The number of imide groups is 1. The highest BCUT2D eigenvalue weighted by Gasteiger charge is 2.52. The van der Waals surface area contributed by atoms with Crippen LogP contribution in [0.2, 0.25) is 0 Å². The lowest BCUT2D eigenvalue weighted by Gasteiger charge is -2.15. The zero-order valence-corrected chi connectivity index (χ0v) is 12.4. The average Bonchev–Trinajstić information content (AvgIpc) is 3.13. The van der Waals surface area contributed by atoms with E-state index in [1.165, 1.54) is 4.90 Å². The molecule has 4 rings (SSSR count). The van der Waals surface area contributed by atoms with E-state index >= 15 is 0 Å². The summed E-state index contributed by atoms with van der Waals surface area (Å²) >= 11 is 0. The molecule has 5 nitrogen and oxygen atoms in total. The Morgan fingerprint density at radius 3 is 2.52 bits per heavy atom. The normalized spacial score (nSPS) is 23.1. The third-order valence-corrected chi connectivity index (χ3v) is 4.38. The van der Waals surface area contributed by atoms with E-state index in [4.69, 9.17) is 0 Å². The van der Waals surface area contributed by atoms with E-state index in [0.717, 1.165) is 5.56 Å². The Hall–Kier alpha value is -2.82. The van der Waals surface area contributed by atoms with Gasteiger partial charge in [0.25, 0.3) is 0 Å². The van der Waals surface area contributed by atoms with Crippen LogP contribution in [-0.2, 0) is 16.1 Å². The Bertz CT molecular complexity index is 786. The maximum absolute atomic E-state index is 12.8. The first kappa shape index (κ1) is 13.8. The van der Waals surface area contributed by atoms with Gasteiger partial charge in [-0.15, -0.1) is 0 Å². The molecule has 0 N–H and O–H groups in total. The van der Waals surface area contributed by atoms with Crippen molar-refractivity contribution in [3.8, 4) is 0 Å². The fraction of sp³-hybridized carbons (Fsp3) is 0.222. The molecule has 1 saturated heterocycles. The molecule has 3 heterocycles. The Morgan fingerprint density at radius 1 is 1.00 bits per heavy atom. The first-order valence-electron chi connectivity index (χ1n) is 7.60. The monoisotopic (exact) mass is 305 g/mol. The van der Waals surface area contributed by atoms with Gasteiger partial charge >= 0.3 is 0 Å². The van der Waals surface area contributed by atoms with Crippen molar-refractivity contribution in [1.29, 1.82) is 0 Å². The molecule has 0 bridgehead atoms. The van der Waals surface area contributed by atoms with Crippen LogP contribution in [0.25, 0.3) is 0 Å².